The normalized spacial score (nSPS) is 13.9. The van der Waals surface area contributed by atoms with Crippen LogP contribution in [-0.4, -0.2) is 96.7 Å². The summed E-state index contributed by atoms with van der Waals surface area (Å²) >= 11 is 0. The highest BCUT2D eigenvalue weighted by atomic mass is 31.2. The van der Waals surface area contributed by atoms with Crippen LogP contribution >= 0.6 is 15.6 Å². The van der Waals surface area contributed by atoms with Crippen molar-refractivity contribution in [2.45, 2.75) is 439 Å². The van der Waals surface area contributed by atoms with Crippen molar-refractivity contribution in [1.29, 1.82) is 0 Å². The zero-order valence-electron chi connectivity index (χ0n) is 64.8. The Morgan fingerprint density at radius 3 is 0.687 bits per heavy atom. The maximum Gasteiger partial charge on any atom is 0.472 e. The Morgan fingerprint density at radius 1 is 0.273 bits per heavy atom. The smallest absolute Gasteiger partial charge is 0.462 e. The molecular weight excluding hydrogens is 1290 g/mol. The van der Waals surface area contributed by atoms with Crippen LogP contribution in [0.25, 0.3) is 0 Å². The summed E-state index contributed by atoms with van der Waals surface area (Å²) in [6.45, 7) is 9.65. The molecule has 0 saturated heterocycles. The summed E-state index contributed by atoms with van der Waals surface area (Å²) in [6.07, 6.45) is 61.2. The van der Waals surface area contributed by atoms with Crippen LogP contribution in [0.4, 0.5) is 0 Å². The molecule has 2 unspecified atom stereocenters. The van der Waals surface area contributed by atoms with Crippen LogP contribution in [0.5, 0.6) is 0 Å². The number of ether oxygens (including phenoxy) is 4. The van der Waals surface area contributed by atoms with E-state index < -0.39 is 97.5 Å². The van der Waals surface area contributed by atoms with Gasteiger partial charge >= 0.3 is 39.5 Å². The third-order valence-corrected chi connectivity index (χ3v) is 20.6. The van der Waals surface area contributed by atoms with Gasteiger partial charge in [0.1, 0.15) is 19.3 Å². The molecule has 0 aromatic carbocycles. The molecule has 0 spiro atoms. The minimum absolute atomic E-state index is 0.107. The van der Waals surface area contributed by atoms with E-state index in [4.69, 9.17) is 37.0 Å². The Labute approximate surface area is 607 Å². The summed E-state index contributed by atoms with van der Waals surface area (Å²) in [4.78, 5) is 72.8. The van der Waals surface area contributed by atoms with E-state index in [2.05, 4.69) is 41.5 Å². The lowest BCUT2D eigenvalue weighted by Gasteiger charge is -2.21. The number of aliphatic hydroxyl groups is 1. The first kappa shape index (κ1) is 97.1. The first-order chi connectivity index (χ1) is 47.9. The number of esters is 4. The highest BCUT2D eigenvalue weighted by molar-refractivity contribution is 7.47. The lowest BCUT2D eigenvalue weighted by atomic mass is 10.0. The van der Waals surface area contributed by atoms with Gasteiger partial charge in [-0.2, -0.15) is 0 Å². The van der Waals surface area contributed by atoms with E-state index in [0.717, 1.165) is 115 Å². The standard InChI is InChI=1S/C80H156O17P2/c1-7-9-11-13-15-16-17-27-35-40-46-52-58-64-79(84)96-75(68-90-77(82)62-56-50-42-14-12-10-8-2)70-94-98(86,87)92-66-74(81)67-93-99(88,89)95-71-76(69-91-78(83)63-57-51-45-39-34-30-26-22-24-29-33-38-44-49-55-61-73(5)6)97-80(85)65-59-53-47-41-36-31-25-21-19-18-20-23-28-32-37-43-48-54-60-72(3)4/h72-76,81H,7-71H2,1-6H3,(H,86,87)(H,88,89)/t74-,75+,76+/m0/s1. The molecule has 0 aromatic rings. The average molecular weight is 1450 g/mol. The van der Waals surface area contributed by atoms with Crippen LogP contribution in [-0.2, 0) is 65.4 Å². The second-order valence-corrected chi connectivity index (χ2v) is 32.7. The van der Waals surface area contributed by atoms with Crippen molar-refractivity contribution in [1.82, 2.24) is 0 Å². The maximum atomic E-state index is 13.1. The van der Waals surface area contributed by atoms with E-state index >= 15 is 0 Å². The van der Waals surface area contributed by atoms with Crippen LogP contribution in [0.15, 0.2) is 0 Å². The molecule has 0 heterocycles. The molecule has 0 amide bonds. The van der Waals surface area contributed by atoms with E-state index in [9.17, 15) is 43.2 Å². The Kier molecular flexibility index (Phi) is 70.3. The second-order valence-electron chi connectivity index (χ2n) is 29.8. The molecule has 0 aliphatic heterocycles. The molecule has 0 bridgehead atoms. The number of aliphatic hydroxyl groups excluding tert-OH is 1. The van der Waals surface area contributed by atoms with Gasteiger partial charge in [-0.15, -0.1) is 0 Å². The molecule has 99 heavy (non-hydrogen) atoms. The number of phosphoric acid groups is 2. The molecule has 0 radical (unpaired) electrons. The van der Waals surface area contributed by atoms with Gasteiger partial charge in [-0.25, -0.2) is 9.13 Å². The largest absolute Gasteiger partial charge is 0.472 e. The fraction of sp³-hybridized carbons (Fsp3) is 0.950. The number of unbranched alkanes of at least 4 members (excludes halogenated alkanes) is 49. The Bertz CT molecular complexity index is 1910. The molecule has 588 valence electrons. The zero-order chi connectivity index (χ0) is 72.8. The highest BCUT2D eigenvalue weighted by Crippen LogP contribution is 2.45. The van der Waals surface area contributed by atoms with Gasteiger partial charge in [0.2, 0.25) is 0 Å². The zero-order valence-corrected chi connectivity index (χ0v) is 66.6. The summed E-state index contributed by atoms with van der Waals surface area (Å²) in [5.41, 5.74) is 0. The van der Waals surface area contributed by atoms with E-state index in [0.29, 0.717) is 25.7 Å². The summed E-state index contributed by atoms with van der Waals surface area (Å²) in [5, 5.41) is 10.6. The van der Waals surface area contributed by atoms with Gasteiger partial charge in [0, 0.05) is 25.7 Å². The maximum absolute atomic E-state index is 13.1. The molecule has 0 saturated carbocycles. The molecule has 0 rings (SSSR count). The van der Waals surface area contributed by atoms with Crippen molar-refractivity contribution in [3.63, 3.8) is 0 Å². The molecular formula is C80H156O17P2. The number of rotatable bonds is 79. The summed E-state index contributed by atoms with van der Waals surface area (Å²) in [7, 11) is -9.91. The third-order valence-electron chi connectivity index (χ3n) is 18.7. The number of hydrogen-bond donors (Lipinski definition) is 3. The van der Waals surface area contributed by atoms with Crippen LogP contribution in [0.3, 0.4) is 0 Å². The van der Waals surface area contributed by atoms with Crippen LogP contribution in [0.1, 0.15) is 420 Å². The molecule has 0 fully saturated rings. The van der Waals surface area contributed by atoms with Crippen molar-refractivity contribution in [2.75, 3.05) is 39.6 Å². The molecule has 17 nitrogen and oxygen atoms in total. The minimum Gasteiger partial charge on any atom is -0.462 e. The summed E-state index contributed by atoms with van der Waals surface area (Å²) in [6, 6.07) is 0. The van der Waals surface area contributed by atoms with Gasteiger partial charge in [0.25, 0.3) is 0 Å². The van der Waals surface area contributed by atoms with Gasteiger partial charge in [-0.05, 0) is 37.5 Å². The van der Waals surface area contributed by atoms with Crippen molar-refractivity contribution >= 4 is 39.5 Å². The van der Waals surface area contributed by atoms with Crippen molar-refractivity contribution in [3.8, 4) is 0 Å². The topological polar surface area (TPSA) is 237 Å². The van der Waals surface area contributed by atoms with Crippen molar-refractivity contribution in [3.05, 3.63) is 0 Å². The fourth-order valence-electron chi connectivity index (χ4n) is 12.4. The van der Waals surface area contributed by atoms with Gasteiger partial charge in [-0.1, -0.05) is 369 Å². The van der Waals surface area contributed by atoms with E-state index in [1.165, 1.54) is 225 Å². The first-order valence-corrected chi connectivity index (χ1v) is 44.5. The van der Waals surface area contributed by atoms with Crippen LogP contribution in [0, 0.1) is 11.8 Å². The first-order valence-electron chi connectivity index (χ1n) is 41.5. The Hall–Kier alpha value is -1.94. The van der Waals surface area contributed by atoms with Crippen LogP contribution in [0.2, 0.25) is 0 Å². The molecule has 5 atom stereocenters. The number of phosphoric ester groups is 2. The molecule has 0 aliphatic rings. The minimum atomic E-state index is -4.96. The van der Waals surface area contributed by atoms with Gasteiger partial charge in [0.05, 0.1) is 26.4 Å². The molecule has 3 N–H and O–H groups in total. The molecule has 0 aliphatic carbocycles. The van der Waals surface area contributed by atoms with Crippen LogP contribution < -0.4 is 0 Å². The SMILES string of the molecule is CCCCCCCCCCCCCCCC(=O)O[C@H](COC(=O)CCCCCCCCC)COP(=O)(O)OC[C@H](O)COP(=O)(O)OC[C@@H](COC(=O)CCCCCCCCCCCCCCCCCC(C)C)OC(=O)CCCCCCCCCCCCCCCCCCCCC(C)C. The third kappa shape index (κ3) is 74.1. The van der Waals surface area contributed by atoms with E-state index in [1.54, 1.807) is 0 Å². The number of hydrogen-bond acceptors (Lipinski definition) is 15. The highest BCUT2D eigenvalue weighted by Gasteiger charge is 2.30. The average Bonchev–Trinajstić information content (AvgIpc) is 1.03. The predicted molar refractivity (Wildman–Crippen MR) is 405 cm³/mol. The van der Waals surface area contributed by atoms with Crippen molar-refractivity contribution in [2.24, 2.45) is 11.8 Å². The number of carbonyl (C=O) groups excluding carboxylic acids is 4. The molecule has 19 heteroatoms. The quantitative estimate of drug-likeness (QED) is 0.0222. The summed E-state index contributed by atoms with van der Waals surface area (Å²) in [5.74, 6) is -0.487. The van der Waals surface area contributed by atoms with Gasteiger partial charge in [0.15, 0.2) is 12.2 Å². The Balaban J connectivity index is 5.17. The lowest BCUT2D eigenvalue weighted by Crippen LogP contribution is -2.30. The number of carbonyl (C=O) groups is 4. The summed E-state index contributed by atoms with van der Waals surface area (Å²) < 4.78 is 68.5. The second kappa shape index (κ2) is 71.7. The van der Waals surface area contributed by atoms with E-state index in [-0.39, 0.29) is 25.7 Å². The van der Waals surface area contributed by atoms with Crippen molar-refractivity contribution < 1.29 is 80.2 Å². The predicted octanol–water partition coefficient (Wildman–Crippen LogP) is 23.9. The van der Waals surface area contributed by atoms with E-state index in [1.807, 2.05) is 0 Å². The Morgan fingerprint density at radius 2 is 0.465 bits per heavy atom. The monoisotopic (exact) mass is 1450 g/mol. The lowest BCUT2D eigenvalue weighted by molar-refractivity contribution is -0.161. The van der Waals surface area contributed by atoms with Gasteiger partial charge in [-0.3, -0.25) is 37.3 Å². The fourth-order valence-corrected chi connectivity index (χ4v) is 13.9. The van der Waals surface area contributed by atoms with Gasteiger partial charge < -0.3 is 33.8 Å². The molecule has 0 aromatic heterocycles.